The van der Waals surface area contributed by atoms with Gasteiger partial charge in [-0.15, -0.1) is 0 Å². The monoisotopic (exact) mass is 277 g/mol. The third-order valence-electron chi connectivity index (χ3n) is 3.26. The molecule has 108 valence electrons. The summed E-state index contributed by atoms with van der Waals surface area (Å²) in [7, 11) is 1.46. The van der Waals surface area contributed by atoms with Crippen LogP contribution in [0.4, 0.5) is 4.39 Å². The molecule has 4 nitrogen and oxygen atoms in total. The Balaban J connectivity index is 2.05. The summed E-state index contributed by atoms with van der Waals surface area (Å²) in [5, 5.41) is 0. The first-order chi connectivity index (χ1) is 9.62. The van der Waals surface area contributed by atoms with Crippen LogP contribution in [0.15, 0.2) is 30.7 Å². The highest BCUT2D eigenvalue weighted by Gasteiger charge is 2.07. The van der Waals surface area contributed by atoms with E-state index in [1.807, 2.05) is 16.8 Å². The molecule has 0 fully saturated rings. The average molecular weight is 277 g/mol. The van der Waals surface area contributed by atoms with Gasteiger partial charge in [0.05, 0.1) is 19.1 Å². The summed E-state index contributed by atoms with van der Waals surface area (Å²) in [6.07, 6.45) is 5.40. The molecule has 1 unspecified atom stereocenters. The first kappa shape index (κ1) is 14.5. The molecule has 0 saturated carbocycles. The molecule has 1 aromatic heterocycles. The summed E-state index contributed by atoms with van der Waals surface area (Å²) < 4.78 is 20.4. The minimum Gasteiger partial charge on any atom is -0.494 e. The second-order valence-electron chi connectivity index (χ2n) is 4.88. The Morgan fingerprint density at radius 2 is 2.25 bits per heavy atom. The summed E-state index contributed by atoms with van der Waals surface area (Å²) in [5.74, 6) is -0.0904. The third kappa shape index (κ3) is 3.57. The number of nitrogens with two attached hydrogens (primary N) is 1. The molecule has 0 radical (unpaired) electrons. The molecule has 0 amide bonds. The van der Waals surface area contributed by atoms with E-state index in [1.165, 1.54) is 13.2 Å². The van der Waals surface area contributed by atoms with Crippen molar-refractivity contribution >= 4 is 0 Å². The lowest BCUT2D eigenvalue weighted by atomic mass is 10.1. The minimum absolute atomic E-state index is 0.136. The van der Waals surface area contributed by atoms with Gasteiger partial charge in [-0.25, -0.2) is 9.37 Å². The molecule has 0 spiro atoms. The van der Waals surface area contributed by atoms with Gasteiger partial charge in [-0.05, 0) is 24.1 Å². The molecule has 0 saturated heterocycles. The minimum atomic E-state index is -0.349. The maximum atomic E-state index is 13.6. The second-order valence-corrected chi connectivity index (χ2v) is 4.88. The van der Waals surface area contributed by atoms with Gasteiger partial charge in [-0.1, -0.05) is 13.0 Å². The molecule has 1 atom stereocenters. The van der Waals surface area contributed by atoms with Crippen LogP contribution in [-0.4, -0.2) is 22.7 Å². The van der Waals surface area contributed by atoms with Crippen molar-refractivity contribution in [2.24, 2.45) is 5.73 Å². The summed E-state index contributed by atoms with van der Waals surface area (Å²) in [5.41, 5.74) is 7.74. The Morgan fingerprint density at radius 1 is 1.45 bits per heavy atom. The van der Waals surface area contributed by atoms with Crippen molar-refractivity contribution in [2.75, 3.05) is 7.11 Å². The molecule has 5 heteroatoms. The highest BCUT2D eigenvalue weighted by Crippen LogP contribution is 2.18. The lowest BCUT2D eigenvalue weighted by Crippen LogP contribution is -2.21. The van der Waals surface area contributed by atoms with E-state index in [0.29, 0.717) is 6.54 Å². The molecule has 0 bridgehead atoms. The lowest BCUT2D eigenvalue weighted by molar-refractivity contribution is 0.386. The van der Waals surface area contributed by atoms with Crippen LogP contribution in [0.2, 0.25) is 0 Å². The average Bonchev–Trinajstić information content (AvgIpc) is 2.86. The van der Waals surface area contributed by atoms with E-state index in [9.17, 15) is 4.39 Å². The van der Waals surface area contributed by atoms with Crippen LogP contribution in [-0.2, 0) is 13.0 Å². The van der Waals surface area contributed by atoms with Gasteiger partial charge in [-0.3, -0.25) is 0 Å². The van der Waals surface area contributed by atoms with E-state index in [1.54, 1.807) is 12.4 Å². The number of rotatable bonds is 6. The molecule has 20 heavy (non-hydrogen) atoms. The number of ether oxygens (including phenoxy) is 1. The van der Waals surface area contributed by atoms with E-state index in [0.717, 1.165) is 24.1 Å². The molecule has 0 aliphatic carbocycles. The standard InChI is InChI=1S/C15H20FN3O/c1-3-12(17)7-13-9-19(10-18-13)8-11-4-5-15(20-2)14(16)6-11/h4-6,9-10,12H,3,7-8,17H2,1-2H3. The quantitative estimate of drug-likeness (QED) is 0.882. The molecule has 1 heterocycles. The van der Waals surface area contributed by atoms with E-state index in [2.05, 4.69) is 11.9 Å². The largest absolute Gasteiger partial charge is 0.494 e. The lowest BCUT2D eigenvalue weighted by Gasteiger charge is -2.06. The molecular weight excluding hydrogens is 257 g/mol. The van der Waals surface area contributed by atoms with Gasteiger partial charge in [0.25, 0.3) is 0 Å². The van der Waals surface area contributed by atoms with Crippen LogP contribution >= 0.6 is 0 Å². The first-order valence-corrected chi connectivity index (χ1v) is 6.71. The molecule has 0 aliphatic rings. The van der Waals surface area contributed by atoms with Crippen LogP contribution in [0.1, 0.15) is 24.6 Å². The Kier molecular flexibility index (Phi) is 4.74. The zero-order chi connectivity index (χ0) is 14.5. The van der Waals surface area contributed by atoms with Crippen LogP contribution in [0.3, 0.4) is 0 Å². The van der Waals surface area contributed by atoms with Crippen molar-refractivity contribution in [2.45, 2.75) is 32.4 Å². The fourth-order valence-electron chi connectivity index (χ4n) is 2.03. The van der Waals surface area contributed by atoms with Gasteiger partial charge in [-0.2, -0.15) is 0 Å². The SMILES string of the molecule is CCC(N)Cc1cn(Cc2ccc(OC)c(F)c2)cn1. The summed E-state index contributed by atoms with van der Waals surface area (Å²) >= 11 is 0. The Bertz CT molecular complexity index is 568. The van der Waals surface area contributed by atoms with Gasteiger partial charge in [0.15, 0.2) is 11.6 Å². The van der Waals surface area contributed by atoms with Gasteiger partial charge >= 0.3 is 0 Å². The van der Waals surface area contributed by atoms with Crippen molar-refractivity contribution < 1.29 is 9.13 Å². The number of imidazole rings is 1. The zero-order valence-corrected chi connectivity index (χ0v) is 11.8. The fraction of sp³-hybridized carbons (Fsp3) is 0.400. The van der Waals surface area contributed by atoms with Crippen LogP contribution in [0.25, 0.3) is 0 Å². The molecule has 0 aliphatic heterocycles. The third-order valence-corrected chi connectivity index (χ3v) is 3.26. The van der Waals surface area contributed by atoms with Crippen LogP contribution in [0.5, 0.6) is 5.75 Å². The van der Waals surface area contributed by atoms with E-state index < -0.39 is 0 Å². The van der Waals surface area contributed by atoms with Crippen LogP contribution in [0, 0.1) is 5.82 Å². The van der Waals surface area contributed by atoms with E-state index in [4.69, 9.17) is 10.5 Å². The van der Waals surface area contributed by atoms with Gasteiger partial charge < -0.3 is 15.0 Å². The molecule has 2 aromatic rings. The smallest absolute Gasteiger partial charge is 0.165 e. The molecule has 2 rings (SSSR count). The highest BCUT2D eigenvalue weighted by molar-refractivity contribution is 5.29. The maximum absolute atomic E-state index is 13.6. The number of nitrogens with zero attached hydrogens (tertiary/aromatic N) is 2. The number of benzene rings is 1. The van der Waals surface area contributed by atoms with Crippen molar-refractivity contribution in [1.29, 1.82) is 0 Å². The predicted molar refractivity (Wildman–Crippen MR) is 76.3 cm³/mol. The number of methoxy groups -OCH3 is 1. The normalized spacial score (nSPS) is 12.4. The number of hydrogen-bond donors (Lipinski definition) is 1. The number of halogens is 1. The number of aromatic nitrogens is 2. The molecular formula is C15H20FN3O. The highest BCUT2D eigenvalue weighted by atomic mass is 19.1. The Morgan fingerprint density at radius 3 is 2.90 bits per heavy atom. The Labute approximate surface area is 118 Å². The summed E-state index contributed by atoms with van der Waals surface area (Å²) in [4.78, 5) is 4.32. The van der Waals surface area contributed by atoms with E-state index in [-0.39, 0.29) is 17.6 Å². The first-order valence-electron chi connectivity index (χ1n) is 6.71. The Hall–Kier alpha value is -1.88. The van der Waals surface area contributed by atoms with Gasteiger partial charge in [0.2, 0.25) is 0 Å². The van der Waals surface area contributed by atoms with Crippen LogP contribution < -0.4 is 10.5 Å². The van der Waals surface area contributed by atoms with Crippen molar-refractivity contribution in [3.8, 4) is 5.75 Å². The second kappa shape index (κ2) is 6.52. The zero-order valence-electron chi connectivity index (χ0n) is 11.8. The summed E-state index contributed by atoms with van der Waals surface area (Å²) in [6, 6.07) is 5.10. The van der Waals surface area contributed by atoms with E-state index >= 15 is 0 Å². The van der Waals surface area contributed by atoms with Crippen molar-refractivity contribution in [3.05, 3.63) is 47.8 Å². The number of hydrogen-bond acceptors (Lipinski definition) is 3. The summed E-state index contributed by atoms with van der Waals surface area (Å²) in [6.45, 7) is 2.64. The maximum Gasteiger partial charge on any atom is 0.165 e. The molecule has 1 aromatic carbocycles. The van der Waals surface area contributed by atoms with Gasteiger partial charge in [0, 0.05) is 25.2 Å². The molecule has 2 N–H and O–H groups in total. The van der Waals surface area contributed by atoms with Gasteiger partial charge in [0.1, 0.15) is 0 Å². The van der Waals surface area contributed by atoms with Crippen molar-refractivity contribution in [3.63, 3.8) is 0 Å². The van der Waals surface area contributed by atoms with Crippen molar-refractivity contribution in [1.82, 2.24) is 9.55 Å². The fourth-order valence-corrected chi connectivity index (χ4v) is 2.03. The topological polar surface area (TPSA) is 53.1 Å². The predicted octanol–water partition coefficient (Wildman–Crippen LogP) is 2.36.